The highest BCUT2D eigenvalue weighted by atomic mass is 16.5. The predicted molar refractivity (Wildman–Crippen MR) is 106 cm³/mol. The first-order valence-corrected chi connectivity index (χ1v) is 8.94. The van der Waals surface area contributed by atoms with Crippen molar-refractivity contribution < 1.29 is 13.9 Å². The Morgan fingerprint density at radius 2 is 1.82 bits per heavy atom. The lowest BCUT2D eigenvalue weighted by atomic mass is 10.1. The number of aryl methyl sites for hydroxylation is 1. The molecule has 0 radical (unpaired) electrons. The van der Waals surface area contributed by atoms with Crippen LogP contribution in [-0.2, 0) is 11.3 Å². The second-order valence-corrected chi connectivity index (χ2v) is 6.35. The summed E-state index contributed by atoms with van der Waals surface area (Å²) in [5, 5.41) is 2.76. The molecule has 0 aliphatic heterocycles. The molecule has 0 unspecified atom stereocenters. The minimum Gasteiger partial charge on any atom is -0.484 e. The topological polar surface area (TPSA) is 77.2 Å². The number of carbonyl (C=O) groups excluding carboxylic acids is 1. The molecule has 4 rings (SSSR count). The number of para-hydroxylation sites is 2. The number of furan rings is 1. The Kier molecular flexibility index (Phi) is 5.01. The molecule has 6 nitrogen and oxygen atoms in total. The van der Waals surface area contributed by atoms with Crippen molar-refractivity contribution in [3.05, 3.63) is 78.4 Å². The molecule has 6 heteroatoms. The number of benzene rings is 2. The smallest absolute Gasteiger partial charge is 0.258 e. The molecule has 0 saturated carbocycles. The number of hydrogen-bond acceptors (Lipinski definition) is 5. The van der Waals surface area contributed by atoms with E-state index in [4.69, 9.17) is 9.15 Å². The number of amides is 1. The summed E-state index contributed by atoms with van der Waals surface area (Å²) in [6.07, 6.45) is 1.75. The Hall–Kier alpha value is -3.67. The van der Waals surface area contributed by atoms with Crippen molar-refractivity contribution in [3.8, 4) is 17.0 Å². The Balaban J connectivity index is 1.34. The van der Waals surface area contributed by atoms with Crippen molar-refractivity contribution in [3.63, 3.8) is 0 Å². The van der Waals surface area contributed by atoms with Crippen molar-refractivity contribution in [1.82, 2.24) is 15.3 Å². The lowest BCUT2D eigenvalue weighted by Crippen LogP contribution is -2.28. The summed E-state index contributed by atoms with van der Waals surface area (Å²) >= 11 is 0. The van der Waals surface area contributed by atoms with Gasteiger partial charge in [-0.2, -0.15) is 0 Å². The molecule has 1 N–H and O–H groups in total. The van der Waals surface area contributed by atoms with Crippen molar-refractivity contribution in [2.24, 2.45) is 0 Å². The van der Waals surface area contributed by atoms with E-state index >= 15 is 0 Å². The minimum absolute atomic E-state index is 0.0607. The van der Waals surface area contributed by atoms with Crippen LogP contribution in [0, 0.1) is 6.92 Å². The van der Waals surface area contributed by atoms with Crippen molar-refractivity contribution in [2.45, 2.75) is 13.5 Å². The largest absolute Gasteiger partial charge is 0.484 e. The number of carbonyl (C=O) groups is 1. The number of rotatable bonds is 6. The average Bonchev–Trinajstić information content (AvgIpc) is 3.16. The third-order valence-electron chi connectivity index (χ3n) is 4.22. The van der Waals surface area contributed by atoms with Gasteiger partial charge < -0.3 is 14.5 Å². The van der Waals surface area contributed by atoms with E-state index in [1.165, 1.54) is 0 Å². The van der Waals surface area contributed by atoms with E-state index in [1.807, 2.05) is 67.6 Å². The van der Waals surface area contributed by atoms with Crippen LogP contribution in [0.25, 0.3) is 22.3 Å². The lowest BCUT2D eigenvalue weighted by molar-refractivity contribution is -0.123. The van der Waals surface area contributed by atoms with Crippen LogP contribution >= 0.6 is 0 Å². The summed E-state index contributed by atoms with van der Waals surface area (Å²) in [6, 6.07) is 18.9. The molecule has 28 heavy (non-hydrogen) atoms. The van der Waals surface area contributed by atoms with E-state index in [2.05, 4.69) is 15.3 Å². The zero-order valence-corrected chi connectivity index (χ0v) is 15.4. The third kappa shape index (κ3) is 4.17. The zero-order chi connectivity index (χ0) is 19.3. The highest BCUT2D eigenvalue weighted by molar-refractivity contribution is 5.78. The SMILES string of the molecule is Cc1ccc(CNC(=O)COc2ccc(-c3cnc4ccccc4n3)cc2)o1. The first-order valence-electron chi connectivity index (χ1n) is 8.94. The van der Waals surface area contributed by atoms with Gasteiger partial charge in [-0.15, -0.1) is 0 Å². The van der Waals surface area contributed by atoms with Gasteiger partial charge in [-0.1, -0.05) is 12.1 Å². The molecule has 2 aromatic carbocycles. The third-order valence-corrected chi connectivity index (χ3v) is 4.22. The molecule has 1 amide bonds. The van der Waals surface area contributed by atoms with E-state index < -0.39 is 0 Å². The fourth-order valence-electron chi connectivity index (χ4n) is 2.78. The van der Waals surface area contributed by atoms with Crippen LogP contribution in [0.2, 0.25) is 0 Å². The van der Waals surface area contributed by atoms with Crippen LogP contribution in [0.3, 0.4) is 0 Å². The van der Waals surface area contributed by atoms with Crippen molar-refractivity contribution >= 4 is 16.9 Å². The number of ether oxygens (including phenoxy) is 1. The molecule has 0 spiro atoms. The first kappa shape index (κ1) is 17.7. The van der Waals surface area contributed by atoms with Gasteiger partial charge in [0.05, 0.1) is 29.5 Å². The number of aromatic nitrogens is 2. The van der Waals surface area contributed by atoms with Crippen LogP contribution < -0.4 is 10.1 Å². The summed E-state index contributed by atoms with van der Waals surface area (Å²) in [6.45, 7) is 2.14. The minimum atomic E-state index is -0.210. The van der Waals surface area contributed by atoms with Gasteiger partial charge in [-0.3, -0.25) is 9.78 Å². The van der Waals surface area contributed by atoms with Crippen molar-refractivity contribution in [1.29, 1.82) is 0 Å². The van der Waals surface area contributed by atoms with E-state index in [9.17, 15) is 4.79 Å². The van der Waals surface area contributed by atoms with E-state index in [1.54, 1.807) is 6.20 Å². The molecule has 2 heterocycles. The summed E-state index contributed by atoms with van der Waals surface area (Å²) in [5.74, 6) is 1.93. The number of nitrogens with zero attached hydrogens (tertiary/aromatic N) is 2. The summed E-state index contributed by atoms with van der Waals surface area (Å²) in [4.78, 5) is 21.0. The van der Waals surface area contributed by atoms with Crippen LogP contribution in [0.4, 0.5) is 0 Å². The van der Waals surface area contributed by atoms with Crippen LogP contribution in [0.15, 0.2) is 71.3 Å². The van der Waals surface area contributed by atoms with E-state index in [0.29, 0.717) is 18.1 Å². The lowest BCUT2D eigenvalue weighted by Gasteiger charge is -2.08. The first-order chi connectivity index (χ1) is 13.7. The van der Waals surface area contributed by atoms with Gasteiger partial charge >= 0.3 is 0 Å². The highest BCUT2D eigenvalue weighted by Crippen LogP contribution is 2.22. The molecule has 0 aliphatic rings. The monoisotopic (exact) mass is 373 g/mol. The second-order valence-electron chi connectivity index (χ2n) is 6.35. The summed E-state index contributed by atoms with van der Waals surface area (Å²) in [7, 11) is 0. The summed E-state index contributed by atoms with van der Waals surface area (Å²) in [5.41, 5.74) is 3.44. The van der Waals surface area contributed by atoms with E-state index in [-0.39, 0.29) is 12.5 Å². The quantitative estimate of drug-likeness (QED) is 0.555. The number of hydrogen-bond donors (Lipinski definition) is 1. The number of fused-ring (bicyclic) bond motifs is 1. The van der Waals surface area contributed by atoms with Gasteiger partial charge in [0.2, 0.25) is 0 Å². The van der Waals surface area contributed by atoms with Crippen LogP contribution in [-0.4, -0.2) is 22.5 Å². The van der Waals surface area contributed by atoms with E-state index in [0.717, 1.165) is 28.1 Å². The molecular weight excluding hydrogens is 354 g/mol. The van der Waals surface area contributed by atoms with Gasteiger partial charge in [-0.25, -0.2) is 4.98 Å². The van der Waals surface area contributed by atoms with Gasteiger partial charge in [-0.05, 0) is 55.5 Å². The van der Waals surface area contributed by atoms with Gasteiger partial charge in [0.1, 0.15) is 17.3 Å². The number of nitrogens with one attached hydrogen (secondary N) is 1. The molecule has 140 valence electrons. The molecule has 0 aliphatic carbocycles. The standard InChI is InChI=1S/C22H19N3O3/c1-15-6-9-18(28-15)12-24-22(26)14-27-17-10-7-16(8-11-17)21-13-23-19-4-2-3-5-20(19)25-21/h2-11,13H,12,14H2,1H3,(H,24,26). The second kappa shape index (κ2) is 7.92. The fourth-order valence-corrected chi connectivity index (χ4v) is 2.78. The normalized spacial score (nSPS) is 10.8. The Bertz CT molecular complexity index is 1100. The van der Waals surface area contributed by atoms with Crippen molar-refractivity contribution in [2.75, 3.05) is 6.61 Å². The van der Waals surface area contributed by atoms with Gasteiger partial charge in [0.25, 0.3) is 5.91 Å². The van der Waals surface area contributed by atoms with Gasteiger partial charge in [0, 0.05) is 5.56 Å². The summed E-state index contributed by atoms with van der Waals surface area (Å²) < 4.78 is 11.0. The maximum atomic E-state index is 11.9. The molecule has 0 bridgehead atoms. The molecular formula is C22H19N3O3. The molecule has 0 fully saturated rings. The predicted octanol–water partition coefficient (Wildman–Crippen LogP) is 3.89. The van der Waals surface area contributed by atoms with Crippen LogP contribution in [0.1, 0.15) is 11.5 Å². The molecule has 0 atom stereocenters. The average molecular weight is 373 g/mol. The Morgan fingerprint density at radius 1 is 1.04 bits per heavy atom. The maximum Gasteiger partial charge on any atom is 0.258 e. The molecule has 2 aromatic heterocycles. The maximum absolute atomic E-state index is 11.9. The highest BCUT2D eigenvalue weighted by Gasteiger charge is 2.06. The Labute approximate surface area is 162 Å². The fraction of sp³-hybridized carbons (Fsp3) is 0.136. The molecule has 0 saturated heterocycles. The molecule has 4 aromatic rings. The van der Waals surface area contributed by atoms with Gasteiger partial charge in [0.15, 0.2) is 6.61 Å². The zero-order valence-electron chi connectivity index (χ0n) is 15.4. The van der Waals surface area contributed by atoms with Crippen LogP contribution in [0.5, 0.6) is 5.75 Å². The Morgan fingerprint density at radius 3 is 2.57 bits per heavy atom.